The number of rotatable bonds is 5. The molecule has 4 heteroatoms. The number of hydrogen-bond donors (Lipinski definition) is 1. The predicted molar refractivity (Wildman–Crippen MR) is 82.6 cm³/mol. The van der Waals surface area contributed by atoms with Gasteiger partial charge in [0.05, 0.1) is 13.4 Å². The largest absolute Gasteiger partial charge is 0.497 e. The van der Waals surface area contributed by atoms with Gasteiger partial charge in [-0.15, -0.1) is 0 Å². The molecule has 0 aliphatic carbocycles. The second kappa shape index (κ2) is 6.22. The van der Waals surface area contributed by atoms with Crippen LogP contribution in [0.25, 0.3) is 0 Å². The summed E-state index contributed by atoms with van der Waals surface area (Å²) in [7, 11) is 1.67. The minimum atomic E-state index is -0.0380. The summed E-state index contributed by atoms with van der Waals surface area (Å²) >= 11 is 0. The van der Waals surface area contributed by atoms with Gasteiger partial charge in [0.2, 0.25) is 0 Å². The molecule has 1 aromatic carbocycles. The van der Waals surface area contributed by atoms with Gasteiger partial charge in [-0.25, -0.2) is 0 Å². The Hall–Kier alpha value is -1.94. The molecule has 0 spiro atoms. The molecule has 0 amide bonds. The summed E-state index contributed by atoms with van der Waals surface area (Å²) in [5, 5.41) is 0. The Bertz CT molecular complexity index is 596. The van der Waals surface area contributed by atoms with Gasteiger partial charge in [0, 0.05) is 17.7 Å². The molecule has 0 unspecified atom stereocenters. The molecule has 0 bridgehead atoms. The van der Waals surface area contributed by atoms with Crippen molar-refractivity contribution in [3.8, 4) is 11.5 Å². The number of benzene rings is 1. The quantitative estimate of drug-likeness (QED) is 0.913. The maximum Gasteiger partial charge on any atom is 0.146 e. The summed E-state index contributed by atoms with van der Waals surface area (Å²) in [6.45, 7) is 7.26. The lowest BCUT2D eigenvalue weighted by Gasteiger charge is -2.23. The van der Waals surface area contributed by atoms with Gasteiger partial charge in [-0.2, -0.15) is 0 Å². The van der Waals surface area contributed by atoms with Crippen LogP contribution in [0.4, 0.5) is 0 Å². The Morgan fingerprint density at radius 2 is 1.95 bits per heavy atom. The monoisotopic (exact) mass is 289 g/mol. The molecule has 0 saturated carbocycles. The van der Waals surface area contributed by atoms with Crippen molar-refractivity contribution in [3.05, 3.63) is 47.4 Å². The van der Waals surface area contributed by atoms with E-state index in [2.05, 4.69) is 20.8 Å². The van der Waals surface area contributed by atoms with Gasteiger partial charge in [0.25, 0.3) is 0 Å². The van der Waals surface area contributed by atoms with Crippen molar-refractivity contribution in [1.29, 1.82) is 0 Å². The average molecular weight is 289 g/mol. The number of ether oxygens (including phenoxy) is 2. The van der Waals surface area contributed by atoms with Crippen LogP contribution in [0.3, 0.4) is 0 Å². The first-order valence-corrected chi connectivity index (χ1v) is 7.02. The van der Waals surface area contributed by atoms with E-state index < -0.39 is 0 Å². The molecule has 2 N–H and O–H groups in total. The Morgan fingerprint density at radius 3 is 2.57 bits per heavy atom. The summed E-state index contributed by atoms with van der Waals surface area (Å²) in [4.78, 5) is 0. The fourth-order valence-corrected chi connectivity index (χ4v) is 2.17. The first kappa shape index (κ1) is 15.4. The lowest BCUT2D eigenvalue weighted by molar-refractivity contribution is 0.262. The highest BCUT2D eigenvalue weighted by Gasteiger charge is 2.20. The van der Waals surface area contributed by atoms with Gasteiger partial charge >= 0.3 is 0 Å². The van der Waals surface area contributed by atoms with E-state index in [0.29, 0.717) is 13.2 Å². The van der Waals surface area contributed by atoms with Crippen LogP contribution in [0.2, 0.25) is 0 Å². The van der Waals surface area contributed by atoms with Gasteiger partial charge in [-0.3, -0.25) is 0 Å². The van der Waals surface area contributed by atoms with E-state index >= 15 is 0 Å². The topological polar surface area (TPSA) is 57.6 Å². The zero-order chi connectivity index (χ0) is 15.5. The fourth-order valence-electron chi connectivity index (χ4n) is 2.17. The van der Waals surface area contributed by atoms with E-state index in [-0.39, 0.29) is 5.41 Å². The molecule has 0 aliphatic heterocycles. The first-order chi connectivity index (χ1) is 9.95. The van der Waals surface area contributed by atoms with Crippen LogP contribution in [0.5, 0.6) is 11.5 Å². The molecule has 0 radical (unpaired) electrons. The Morgan fingerprint density at radius 1 is 1.19 bits per heavy atom. The normalized spacial score (nSPS) is 11.5. The van der Waals surface area contributed by atoms with Crippen molar-refractivity contribution in [2.45, 2.75) is 39.3 Å². The molecule has 0 fully saturated rings. The van der Waals surface area contributed by atoms with Gasteiger partial charge in [-0.05, 0) is 29.7 Å². The highest BCUT2D eigenvalue weighted by molar-refractivity contribution is 5.44. The molecule has 4 nitrogen and oxygen atoms in total. The molecule has 21 heavy (non-hydrogen) atoms. The van der Waals surface area contributed by atoms with Crippen LogP contribution >= 0.6 is 0 Å². The molecule has 114 valence electrons. The predicted octanol–water partition coefficient (Wildman–Crippen LogP) is 3.62. The van der Waals surface area contributed by atoms with Gasteiger partial charge in [-0.1, -0.05) is 20.8 Å². The minimum absolute atomic E-state index is 0.0380. The molecular weight excluding hydrogens is 266 g/mol. The van der Waals surface area contributed by atoms with Crippen molar-refractivity contribution >= 4 is 0 Å². The third-order valence-corrected chi connectivity index (χ3v) is 3.41. The summed E-state index contributed by atoms with van der Waals surface area (Å²) < 4.78 is 16.7. The van der Waals surface area contributed by atoms with Gasteiger partial charge < -0.3 is 19.6 Å². The Labute approximate surface area is 125 Å². The molecule has 2 rings (SSSR count). The Kier molecular flexibility index (Phi) is 4.58. The summed E-state index contributed by atoms with van der Waals surface area (Å²) in [5.74, 6) is 2.43. The smallest absolute Gasteiger partial charge is 0.146 e. The van der Waals surface area contributed by atoms with Crippen LogP contribution in [-0.4, -0.2) is 7.11 Å². The van der Waals surface area contributed by atoms with Gasteiger partial charge in [0.15, 0.2) is 0 Å². The van der Waals surface area contributed by atoms with E-state index in [0.717, 1.165) is 28.4 Å². The molecule has 0 aliphatic rings. The lowest BCUT2D eigenvalue weighted by atomic mass is 9.86. The van der Waals surface area contributed by atoms with Crippen molar-refractivity contribution in [1.82, 2.24) is 0 Å². The lowest BCUT2D eigenvalue weighted by Crippen LogP contribution is -2.14. The van der Waals surface area contributed by atoms with Crippen molar-refractivity contribution < 1.29 is 13.9 Å². The number of hydrogen-bond acceptors (Lipinski definition) is 4. The zero-order valence-electron chi connectivity index (χ0n) is 13.1. The van der Waals surface area contributed by atoms with Crippen LogP contribution in [0.1, 0.15) is 37.7 Å². The van der Waals surface area contributed by atoms with E-state index in [1.54, 1.807) is 13.4 Å². The molecule has 1 heterocycles. The molecule has 0 saturated heterocycles. The summed E-state index contributed by atoms with van der Waals surface area (Å²) in [6.07, 6.45) is 1.64. The third-order valence-electron chi connectivity index (χ3n) is 3.41. The number of methoxy groups -OCH3 is 1. The van der Waals surface area contributed by atoms with Gasteiger partial charge in [0.1, 0.15) is 23.9 Å². The van der Waals surface area contributed by atoms with E-state index in [4.69, 9.17) is 19.6 Å². The first-order valence-electron chi connectivity index (χ1n) is 7.02. The van der Waals surface area contributed by atoms with Crippen LogP contribution in [-0.2, 0) is 18.6 Å². The summed E-state index contributed by atoms with van der Waals surface area (Å²) in [6, 6.07) is 7.72. The maximum atomic E-state index is 5.95. The molecular formula is C17H23NO3. The molecule has 0 atom stereocenters. The van der Waals surface area contributed by atoms with Crippen molar-refractivity contribution in [2.24, 2.45) is 5.73 Å². The average Bonchev–Trinajstić information content (AvgIpc) is 2.91. The van der Waals surface area contributed by atoms with Crippen molar-refractivity contribution in [3.63, 3.8) is 0 Å². The highest BCUT2D eigenvalue weighted by atomic mass is 16.5. The molecule has 2 aromatic rings. The molecule has 1 aromatic heterocycles. The maximum absolute atomic E-state index is 5.95. The summed E-state index contributed by atoms with van der Waals surface area (Å²) in [5.41, 5.74) is 7.70. The Balaban J connectivity index is 2.23. The van der Waals surface area contributed by atoms with E-state index in [1.807, 2.05) is 24.3 Å². The standard InChI is InChI=1S/C17H23NO3/c1-17(2,3)14-9-13(19-4)5-6-15(14)21-11-16-12(10-18)7-8-20-16/h5-9H,10-11,18H2,1-4H3. The highest BCUT2D eigenvalue weighted by Crippen LogP contribution is 2.34. The second-order valence-corrected chi connectivity index (χ2v) is 5.97. The van der Waals surface area contributed by atoms with Crippen LogP contribution in [0.15, 0.2) is 34.9 Å². The fraction of sp³-hybridized carbons (Fsp3) is 0.412. The second-order valence-electron chi connectivity index (χ2n) is 5.97. The van der Waals surface area contributed by atoms with Crippen LogP contribution < -0.4 is 15.2 Å². The van der Waals surface area contributed by atoms with Crippen LogP contribution in [0, 0.1) is 0 Å². The number of nitrogens with two attached hydrogens (primary N) is 1. The SMILES string of the molecule is COc1ccc(OCc2occc2CN)c(C(C)(C)C)c1. The van der Waals surface area contributed by atoms with E-state index in [9.17, 15) is 0 Å². The van der Waals surface area contributed by atoms with E-state index in [1.165, 1.54) is 0 Å². The number of furan rings is 1. The third kappa shape index (κ3) is 3.58. The minimum Gasteiger partial charge on any atom is -0.497 e. The van der Waals surface area contributed by atoms with Crippen molar-refractivity contribution in [2.75, 3.05) is 7.11 Å². The zero-order valence-corrected chi connectivity index (χ0v) is 13.1.